The van der Waals surface area contributed by atoms with Crippen LogP contribution in [0.1, 0.15) is 45.6 Å². The molecule has 3 rings (SSSR count). The van der Waals surface area contributed by atoms with Crippen LogP contribution >= 0.6 is 0 Å². The van der Waals surface area contributed by atoms with Crippen LogP contribution in [0.4, 0.5) is 0 Å². The van der Waals surface area contributed by atoms with Gasteiger partial charge in [0.05, 0.1) is 11.7 Å². The Morgan fingerprint density at radius 2 is 1.92 bits per heavy atom. The Morgan fingerprint density at radius 3 is 2.60 bits per heavy atom. The van der Waals surface area contributed by atoms with Crippen molar-refractivity contribution in [2.24, 2.45) is 7.05 Å². The lowest BCUT2D eigenvalue weighted by Gasteiger charge is -2.29. The molecule has 1 heterocycles. The predicted octanol–water partition coefficient (Wildman–Crippen LogP) is 5.90. The van der Waals surface area contributed by atoms with Gasteiger partial charge < -0.3 is 4.74 Å². The number of rotatable bonds is 6. The molecule has 0 saturated heterocycles. The number of hydrogen-bond donors (Lipinski definition) is 0. The maximum atomic E-state index is 6.34. The second kappa shape index (κ2) is 6.91. The van der Waals surface area contributed by atoms with Gasteiger partial charge in [-0.1, -0.05) is 44.5 Å². The molecular formula is C22H28N2O. The first-order chi connectivity index (χ1) is 12.0. The Labute approximate surface area is 150 Å². The zero-order chi connectivity index (χ0) is 18.0. The standard InChI is InChI=1S/C22H28N2O/c1-6-13-22(4,7-2)25-18-11-12-19(16(3)14-18)20-10-8-9-17-15-23-24(5)21(17)20/h8-12,14-15H,6-7,13H2,1-5H3. The van der Waals surface area contributed by atoms with E-state index in [9.17, 15) is 0 Å². The smallest absolute Gasteiger partial charge is 0.120 e. The summed E-state index contributed by atoms with van der Waals surface area (Å²) in [5.74, 6) is 0.955. The summed E-state index contributed by atoms with van der Waals surface area (Å²) in [7, 11) is 2.00. The van der Waals surface area contributed by atoms with Crippen LogP contribution < -0.4 is 4.74 Å². The van der Waals surface area contributed by atoms with E-state index in [1.165, 1.54) is 27.6 Å². The number of aryl methyl sites for hydroxylation is 2. The maximum absolute atomic E-state index is 6.34. The van der Waals surface area contributed by atoms with Gasteiger partial charge in [-0.3, -0.25) is 4.68 Å². The summed E-state index contributed by atoms with van der Waals surface area (Å²) in [6.45, 7) is 8.76. The number of hydrogen-bond acceptors (Lipinski definition) is 2. The molecule has 0 aliphatic carbocycles. The molecule has 3 nitrogen and oxygen atoms in total. The fourth-order valence-electron chi connectivity index (χ4n) is 3.57. The maximum Gasteiger partial charge on any atom is 0.120 e. The quantitative estimate of drug-likeness (QED) is 0.560. The van der Waals surface area contributed by atoms with Crippen molar-refractivity contribution in [1.29, 1.82) is 0 Å². The first kappa shape index (κ1) is 17.5. The third-order valence-corrected chi connectivity index (χ3v) is 5.14. The van der Waals surface area contributed by atoms with Gasteiger partial charge in [0.25, 0.3) is 0 Å². The molecule has 1 aromatic heterocycles. The van der Waals surface area contributed by atoms with Crippen molar-refractivity contribution >= 4 is 10.9 Å². The Hall–Kier alpha value is -2.29. The van der Waals surface area contributed by atoms with Crippen LogP contribution in [0.25, 0.3) is 22.0 Å². The van der Waals surface area contributed by atoms with Crippen molar-refractivity contribution in [3.8, 4) is 16.9 Å². The Morgan fingerprint density at radius 1 is 1.12 bits per heavy atom. The zero-order valence-electron chi connectivity index (χ0n) is 16.0. The van der Waals surface area contributed by atoms with Crippen LogP contribution in [0, 0.1) is 6.92 Å². The minimum Gasteiger partial charge on any atom is -0.488 e. The number of para-hydroxylation sites is 1. The number of aromatic nitrogens is 2. The van der Waals surface area contributed by atoms with E-state index in [1.54, 1.807) is 0 Å². The highest BCUT2D eigenvalue weighted by Gasteiger charge is 2.23. The van der Waals surface area contributed by atoms with Crippen molar-refractivity contribution in [2.75, 3.05) is 0 Å². The number of ether oxygens (including phenoxy) is 1. The summed E-state index contributed by atoms with van der Waals surface area (Å²) in [4.78, 5) is 0. The van der Waals surface area contributed by atoms with E-state index in [-0.39, 0.29) is 5.60 Å². The summed E-state index contributed by atoms with van der Waals surface area (Å²) >= 11 is 0. The highest BCUT2D eigenvalue weighted by molar-refractivity contribution is 5.94. The molecule has 25 heavy (non-hydrogen) atoms. The SMILES string of the molecule is CCCC(C)(CC)Oc1ccc(-c2cccc3cnn(C)c23)c(C)c1. The normalized spacial score (nSPS) is 13.8. The molecule has 0 fully saturated rings. The molecule has 2 aromatic carbocycles. The average Bonchev–Trinajstić information content (AvgIpc) is 2.97. The molecule has 0 bridgehead atoms. The molecule has 0 amide bonds. The van der Waals surface area contributed by atoms with E-state index < -0.39 is 0 Å². The lowest BCUT2D eigenvalue weighted by molar-refractivity contribution is 0.0741. The van der Waals surface area contributed by atoms with E-state index in [4.69, 9.17) is 4.74 Å². The number of fused-ring (bicyclic) bond motifs is 1. The summed E-state index contributed by atoms with van der Waals surface area (Å²) in [6.07, 6.45) is 5.13. The highest BCUT2D eigenvalue weighted by Crippen LogP contribution is 2.34. The van der Waals surface area contributed by atoms with E-state index in [0.717, 1.165) is 25.0 Å². The van der Waals surface area contributed by atoms with Gasteiger partial charge in [-0.15, -0.1) is 0 Å². The molecule has 0 aliphatic heterocycles. The van der Waals surface area contributed by atoms with Gasteiger partial charge >= 0.3 is 0 Å². The lowest BCUT2D eigenvalue weighted by atomic mass is 9.96. The first-order valence-electron chi connectivity index (χ1n) is 9.18. The molecule has 0 aliphatic rings. The lowest BCUT2D eigenvalue weighted by Crippen LogP contribution is -2.31. The minimum absolute atomic E-state index is 0.0925. The van der Waals surface area contributed by atoms with E-state index in [0.29, 0.717) is 0 Å². The van der Waals surface area contributed by atoms with Crippen molar-refractivity contribution in [3.05, 3.63) is 48.2 Å². The molecule has 0 saturated carbocycles. The Kier molecular flexibility index (Phi) is 4.85. The van der Waals surface area contributed by atoms with Gasteiger partial charge in [-0.2, -0.15) is 5.10 Å². The largest absolute Gasteiger partial charge is 0.488 e. The highest BCUT2D eigenvalue weighted by atomic mass is 16.5. The van der Waals surface area contributed by atoms with Crippen LogP contribution in [0.15, 0.2) is 42.6 Å². The molecule has 1 atom stereocenters. The van der Waals surface area contributed by atoms with Crippen LogP contribution in [0.3, 0.4) is 0 Å². The van der Waals surface area contributed by atoms with Crippen molar-refractivity contribution in [2.45, 2.75) is 52.6 Å². The summed E-state index contributed by atoms with van der Waals surface area (Å²) in [6, 6.07) is 12.8. The fourth-order valence-corrected chi connectivity index (χ4v) is 3.57. The second-order valence-electron chi connectivity index (χ2n) is 7.14. The molecular weight excluding hydrogens is 308 g/mol. The van der Waals surface area contributed by atoms with Gasteiger partial charge in [0, 0.05) is 18.0 Å². The molecule has 3 aromatic rings. The molecule has 0 spiro atoms. The second-order valence-corrected chi connectivity index (χ2v) is 7.14. The number of nitrogens with zero attached hydrogens (tertiary/aromatic N) is 2. The van der Waals surface area contributed by atoms with Gasteiger partial charge in [0.15, 0.2) is 0 Å². The molecule has 1 unspecified atom stereocenters. The number of benzene rings is 2. The fraction of sp³-hybridized carbons (Fsp3) is 0.409. The summed E-state index contributed by atoms with van der Waals surface area (Å²) in [5.41, 5.74) is 4.75. The molecule has 132 valence electrons. The topological polar surface area (TPSA) is 27.1 Å². The van der Waals surface area contributed by atoms with Crippen molar-refractivity contribution < 1.29 is 4.74 Å². The van der Waals surface area contributed by atoms with E-state index in [2.05, 4.69) is 69.2 Å². The summed E-state index contributed by atoms with van der Waals surface area (Å²) < 4.78 is 8.29. The predicted molar refractivity (Wildman–Crippen MR) is 105 cm³/mol. The molecule has 0 radical (unpaired) electrons. The molecule has 0 N–H and O–H groups in total. The third-order valence-electron chi connectivity index (χ3n) is 5.14. The monoisotopic (exact) mass is 336 g/mol. The van der Waals surface area contributed by atoms with Crippen LogP contribution in [0.2, 0.25) is 0 Å². The molecule has 3 heteroatoms. The zero-order valence-corrected chi connectivity index (χ0v) is 16.0. The van der Waals surface area contributed by atoms with Gasteiger partial charge in [-0.05, 0) is 49.9 Å². The Bertz CT molecular complexity index is 881. The van der Waals surface area contributed by atoms with Crippen molar-refractivity contribution in [3.63, 3.8) is 0 Å². The minimum atomic E-state index is -0.0925. The van der Waals surface area contributed by atoms with E-state index in [1.807, 2.05) is 17.9 Å². The first-order valence-corrected chi connectivity index (χ1v) is 9.18. The van der Waals surface area contributed by atoms with Gasteiger partial charge in [-0.25, -0.2) is 0 Å². The van der Waals surface area contributed by atoms with Crippen LogP contribution in [0.5, 0.6) is 5.75 Å². The Balaban J connectivity index is 1.98. The third kappa shape index (κ3) is 3.41. The average molecular weight is 336 g/mol. The van der Waals surface area contributed by atoms with Gasteiger partial charge in [0.1, 0.15) is 11.4 Å². The van der Waals surface area contributed by atoms with E-state index >= 15 is 0 Å². The van der Waals surface area contributed by atoms with Crippen LogP contribution in [-0.2, 0) is 7.05 Å². The summed E-state index contributed by atoms with van der Waals surface area (Å²) in [5, 5.41) is 5.57. The van der Waals surface area contributed by atoms with Crippen LogP contribution in [-0.4, -0.2) is 15.4 Å². The van der Waals surface area contributed by atoms with Gasteiger partial charge in [0.2, 0.25) is 0 Å². The van der Waals surface area contributed by atoms with Crippen molar-refractivity contribution in [1.82, 2.24) is 9.78 Å².